The van der Waals surface area contributed by atoms with Gasteiger partial charge in [-0.3, -0.25) is 0 Å². The zero-order valence-corrected chi connectivity index (χ0v) is 10.8. The minimum atomic E-state index is -3.22. The highest BCUT2D eigenvalue weighted by Crippen LogP contribution is 2.13. The fourth-order valence-electron chi connectivity index (χ4n) is 1.57. The van der Waals surface area contributed by atoms with Crippen molar-refractivity contribution in [1.29, 1.82) is 0 Å². The van der Waals surface area contributed by atoms with Gasteiger partial charge in [0.2, 0.25) is 10.0 Å². The molecule has 94 valence electrons. The Labute approximate surface area is 102 Å². The van der Waals surface area contributed by atoms with Crippen LogP contribution in [0.4, 0.5) is 0 Å². The van der Waals surface area contributed by atoms with Crippen molar-refractivity contribution in [2.24, 2.45) is 5.73 Å². The van der Waals surface area contributed by atoms with Gasteiger partial charge in [-0.2, -0.15) is 0 Å². The van der Waals surface area contributed by atoms with Gasteiger partial charge >= 0.3 is 0 Å². The molecule has 3 N–H and O–H groups in total. The van der Waals surface area contributed by atoms with Crippen molar-refractivity contribution in [3.8, 4) is 0 Å². The van der Waals surface area contributed by atoms with Crippen LogP contribution in [0.3, 0.4) is 0 Å². The number of sulfonamides is 1. The Morgan fingerprint density at radius 2 is 2.31 bits per heavy atom. The topological polar surface area (TPSA) is 81.4 Å². The van der Waals surface area contributed by atoms with Crippen molar-refractivity contribution in [3.05, 3.63) is 0 Å². The lowest BCUT2D eigenvalue weighted by molar-refractivity contribution is 0.127. The molecule has 5 nitrogen and oxygen atoms in total. The van der Waals surface area contributed by atoms with E-state index in [1.165, 1.54) is 0 Å². The molecule has 0 amide bonds. The van der Waals surface area contributed by atoms with E-state index in [-0.39, 0.29) is 11.9 Å². The maximum Gasteiger partial charge on any atom is 0.214 e. The van der Waals surface area contributed by atoms with Gasteiger partial charge < -0.3 is 10.5 Å². The molecule has 1 fully saturated rings. The van der Waals surface area contributed by atoms with Gasteiger partial charge in [0.25, 0.3) is 0 Å². The molecule has 1 unspecified atom stereocenters. The highest BCUT2D eigenvalue weighted by Gasteiger charge is 2.22. The first-order valence-corrected chi connectivity index (χ1v) is 7.43. The van der Waals surface area contributed by atoms with Gasteiger partial charge in [-0.05, 0) is 25.7 Å². The smallest absolute Gasteiger partial charge is 0.214 e. The van der Waals surface area contributed by atoms with Gasteiger partial charge in [0.15, 0.2) is 0 Å². The summed E-state index contributed by atoms with van der Waals surface area (Å²) in [5, 5.41) is 0. The van der Waals surface area contributed by atoms with E-state index in [1.54, 1.807) is 0 Å². The molecule has 16 heavy (non-hydrogen) atoms. The molecule has 0 bridgehead atoms. The highest BCUT2D eigenvalue weighted by molar-refractivity contribution is 7.89. The quantitative estimate of drug-likeness (QED) is 0.506. The minimum absolute atomic E-state index is 0.0556. The van der Waals surface area contributed by atoms with E-state index in [2.05, 4.69) is 4.72 Å². The van der Waals surface area contributed by atoms with Crippen LogP contribution in [0.5, 0.6) is 0 Å². The molecule has 1 rings (SSSR count). The lowest BCUT2D eigenvalue weighted by Crippen LogP contribution is -2.32. The van der Waals surface area contributed by atoms with E-state index in [9.17, 15) is 8.42 Å². The summed E-state index contributed by atoms with van der Waals surface area (Å²) in [4.78, 5) is 0.415. The predicted octanol–water partition coefficient (Wildman–Crippen LogP) is 0.151. The lowest BCUT2D eigenvalue weighted by Gasteiger charge is -2.10. The molecule has 0 spiro atoms. The second-order valence-electron chi connectivity index (χ2n) is 3.88. The molecule has 1 aliphatic rings. The summed E-state index contributed by atoms with van der Waals surface area (Å²) < 4.78 is 30.9. The molecular weight excluding hydrogens is 248 g/mol. The monoisotopic (exact) mass is 266 g/mol. The third-order valence-electron chi connectivity index (χ3n) is 2.35. The van der Waals surface area contributed by atoms with E-state index < -0.39 is 10.0 Å². The molecule has 0 radical (unpaired) electrons. The summed E-state index contributed by atoms with van der Waals surface area (Å²) in [6.45, 7) is 1.05. The number of nitrogens with one attached hydrogen (secondary N) is 1. The normalized spacial score (nSPS) is 21.1. The number of hydrogen-bond donors (Lipinski definition) is 2. The molecule has 1 saturated heterocycles. The molecule has 1 aliphatic heterocycles. The van der Waals surface area contributed by atoms with E-state index in [0.29, 0.717) is 31.0 Å². The van der Waals surface area contributed by atoms with Crippen LogP contribution >= 0.6 is 12.2 Å². The molecule has 0 aromatic heterocycles. The van der Waals surface area contributed by atoms with Crippen LogP contribution < -0.4 is 10.5 Å². The van der Waals surface area contributed by atoms with Gasteiger partial charge in [0.1, 0.15) is 0 Å². The second-order valence-corrected chi connectivity index (χ2v) is 6.26. The first-order valence-electron chi connectivity index (χ1n) is 5.37. The Morgan fingerprint density at radius 3 is 2.88 bits per heavy atom. The zero-order chi connectivity index (χ0) is 12.0. The number of thiocarbonyl (C=S) groups is 1. The van der Waals surface area contributed by atoms with Crippen molar-refractivity contribution in [3.63, 3.8) is 0 Å². The Morgan fingerprint density at radius 1 is 1.56 bits per heavy atom. The number of ether oxygens (including phenoxy) is 1. The third kappa shape index (κ3) is 5.74. The zero-order valence-electron chi connectivity index (χ0n) is 9.15. The number of nitrogens with two attached hydrogens (primary N) is 1. The maximum absolute atomic E-state index is 11.6. The average Bonchev–Trinajstić information content (AvgIpc) is 2.64. The largest absolute Gasteiger partial charge is 0.393 e. The number of rotatable bonds is 7. The van der Waals surface area contributed by atoms with Gasteiger partial charge in [-0.1, -0.05) is 12.2 Å². The van der Waals surface area contributed by atoms with Crippen LogP contribution in [0.25, 0.3) is 0 Å². The van der Waals surface area contributed by atoms with Gasteiger partial charge in [-0.15, -0.1) is 0 Å². The summed E-state index contributed by atoms with van der Waals surface area (Å²) in [6, 6.07) is 0. The van der Waals surface area contributed by atoms with Gasteiger partial charge in [0, 0.05) is 13.2 Å². The SMILES string of the molecule is NC(=S)CCCNS(=O)(=O)CC1CCCO1. The van der Waals surface area contributed by atoms with Crippen molar-refractivity contribution in [1.82, 2.24) is 4.72 Å². The van der Waals surface area contributed by atoms with Crippen LogP contribution in [0.15, 0.2) is 0 Å². The summed E-state index contributed by atoms with van der Waals surface area (Å²) in [5.41, 5.74) is 5.31. The van der Waals surface area contributed by atoms with Crippen molar-refractivity contribution in [2.45, 2.75) is 31.8 Å². The van der Waals surface area contributed by atoms with Crippen LogP contribution in [0.2, 0.25) is 0 Å². The molecule has 0 saturated carbocycles. The summed E-state index contributed by atoms with van der Waals surface area (Å²) in [7, 11) is -3.22. The third-order valence-corrected chi connectivity index (χ3v) is 4.01. The lowest BCUT2D eigenvalue weighted by atomic mass is 10.3. The standard InChI is InChI=1S/C9H18N2O3S2/c10-9(15)4-1-5-11-16(12,13)7-8-3-2-6-14-8/h8,11H,1-7H2,(H2,10,15). The summed E-state index contributed by atoms with van der Waals surface area (Å²) >= 11 is 4.70. The van der Waals surface area contributed by atoms with Crippen molar-refractivity contribution >= 4 is 27.2 Å². The van der Waals surface area contributed by atoms with Gasteiger partial charge in [-0.25, -0.2) is 13.1 Å². The van der Waals surface area contributed by atoms with Crippen molar-refractivity contribution < 1.29 is 13.2 Å². The minimum Gasteiger partial charge on any atom is -0.393 e. The first-order chi connectivity index (χ1) is 7.49. The van der Waals surface area contributed by atoms with Crippen LogP contribution in [0, 0.1) is 0 Å². The number of hydrogen-bond acceptors (Lipinski definition) is 4. The molecular formula is C9H18N2O3S2. The van der Waals surface area contributed by atoms with Crippen LogP contribution in [-0.4, -0.2) is 38.4 Å². The Bertz CT molecular complexity index is 324. The molecule has 1 heterocycles. The maximum atomic E-state index is 11.6. The molecule has 0 aliphatic carbocycles. The molecule has 1 atom stereocenters. The van der Waals surface area contributed by atoms with Crippen LogP contribution in [-0.2, 0) is 14.8 Å². The molecule has 0 aromatic rings. The Balaban J connectivity index is 2.20. The van der Waals surface area contributed by atoms with E-state index in [1.807, 2.05) is 0 Å². The summed E-state index contributed by atoms with van der Waals surface area (Å²) in [6.07, 6.45) is 2.83. The first kappa shape index (κ1) is 13.8. The van der Waals surface area contributed by atoms with E-state index in [0.717, 1.165) is 12.8 Å². The van der Waals surface area contributed by atoms with Gasteiger partial charge in [0.05, 0.1) is 16.8 Å². The Kier molecular flexibility index (Phi) is 5.60. The highest BCUT2D eigenvalue weighted by atomic mass is 32.2. The van der Waals surface area contributed by atoms with Crippen molar-refractivity contribution in [2.75, 3.05) is 18.9 Å². The fraction of sp³-hybridized carbons (Fsp3) is 0.889. The van der Waals surface area contributed by atoms with E-state index >= 15 is 0 Å². The van der Waals surface area contributed by atoms with Crippen LogP contribution in [0.1, 0.15) is 25.7 Å². The molecule has 7 heteroatoms. The summed E-state index contributed by atoms with van der Waals surface area (Å²) in [5.74, 6) is 0.0556. The van der Waals surface area contributed by atoms with E-state index in [4.69, 9.17) is 22.7 Å². The predicted molar refractivity (Wildman–Crippen MR) is 66.8 cm³/mol. The second kappa shape index (κ2) is 6.48. The molecule has 0 aromatic carbocycles. The average molecular weight is 266 g/mol. The fourth-order valence-corrected chi connectivity index (χ4v) is 3.04. The Hall–Kier alpha value is -0.240.